The number of amides is 1. The van der Waals surface area contributed by atoms with Crippen LogP contribution in [0.4, 0.5) is 0 Å². The van der Waals surface area contributed by atoms with Gasteiger partial charge in [0.2, 0.25) is 5.78 Å². The van der Waals surface area contributed by atoms with Crippen molar-refractivity contribution in [2.24, 2.45) is 0 Å². The molecule has 0 N–H and O–H groups in total. The second-order valence-corrected chi connectivity index (χ2v) is 3.75. The maximum absolute atomic E-state index is 11.6. The summed E-state index contributed by atoms with van der Waals surface area (Å²) in [5.41, 5.74) is 0. The fraction of sp³-hybridized carbons (Fsp3) is 0.636. The van der Waals surface area contributed by atoms with E-state index in [0.29, 0.717) is 13.0 Å². The van der Waals surface area contributed by atoms with Crippen LogP contribution in [0.3, 0.4) is 0 Å². The number of ether oxygens (including phenoxy) is 1. The third kappa shape index (κ3) is 4.23. The summed E-state index contributed by atoms with van der Waals surface area (Å²) in [6.07, 6.45) is 3.01. The molecule has 1 rings (SSSR count). The number of likely N-dealkylation sites (tertiary alicyclic amines) is 1. The molecule has 0 aliphatic carbocycles. The van der Waals surface area contributed by atoms with Gasteiger partial charge in [-0.2, -0.15) is 6.92 Å². The van der Waals surface area contributed by atoms with E-state index in [2.05, 4.69) is 0 Å². The molecule has 0 saturated carbocycles. The van der Waals surface area contributed by atoms with Gasteiger partial charge in [0.15, 0.2) is 0 Å². The van der Waals surface area contributed by atoms with Crippen LogP contribution in [0.25, 0.3) is 0 Å². The summed E-state index contributed by atoms with van der Waals surface area (Å²) >= 11 is 0. The molecule has 0 aromatic rings. The second kappa shape index (κ2) is 7.59. The Morgan fingerprint density at radius 3 is 2.59 bits per heavy atom. The van der Waals surface area contributed by atoms with Crippen molar-refractivity contribution in [2.75, 3.05) is 13.2 Å². The summed E-state index contributed by atoms with van der Waals surface area (Å²) in [5, 5.41) is 0. The average Bonchev–Trinajstić information content (AvgIpc) is 2.73. The van der Waals surface area contributed by atoms with Gasteiger partial charge in [0, 0.05) is 34.5 Å². The Balaban J connectivity index is 0.00000256. The molecule has 1 saturated heterocycles. The number of nitrogens with zero attached hydrogens (tertiary/aromatic N) is 1. The zero-order valence-electron chi connectivity index (χ0n) is 9.97. The predicted octanol–water partition coefficient (Wildman–Crippen LogP) is 0.331. The third-order valence-corrected chi connectivity index (χ3v) is 2.48. The Morgan fingerprint density at radius 2 is 2.06 bits per heavy atom. The van der Waals surface area contributed by atoms with Crippen molar-refractivity contribution in [1.29, 1.82) is 0 Å². The molecule has 96 valence electrons. The Morgan fingerprint density at radius 1 is 1.41 bits per heavy atom. The van der Waals surface area contributed by atoms with E-state index in [1.54, 1.807) is 13.3 Å². The summed E-state index contributed by atoms with van der Waals surface area (Å²) in [5.74, 6) is -1.56. The second-order valence-electron chi connectivity index (χ2n) is 3.75. The van der Waals surface area contributed by atoms with Gasteiger partial charge in [0.1, 0.15) is 6.04 Å². The molecule has 1 amide bonds. The molecule has 0 radical (unpaired) electrons. The first-order chi connectivity index (χ1) is 7.57. The van der Waals surface area contributed by atoms with Gasteiger partial charge in [0.05, 0.1) is 0 Å². The van der Waals surface area contributed by atoms with Crippen molar-refractivity contribution in [3.8, 4) is 0 Å². The molecule has 1 atom stereocenters. The molecule has 1 aliphatic heterocycles. The maximum Gasteiger partial charge on any atom is 0.326 e. The van der Waals surface area contributed by atoms with Crippen LogP contribution in [0.5, 0.6) is 0 Å². The van der Waals surface area contributed by atoms with Crippen LogP contribution in [0.15, 0.2) is 0 Å². The maximum atomic E-state index is 11.6. The van der Waals surface area contributed by atoms with E-state index >= 15 is 0 Å². The topological polar surface area (TPSA) is 63.7 Å². The van der Waals surface area contributed by atoms with E-state index in [4.69, 9.17) is 4.74 Å². The Labute approximate surface area is 115 Å². The Bertz CT molecular complexity index is 306. The van der Waals surface area contributed by atoms with Crippen molar-refractivity contribution in [3.05, 3.63) is 6.42 Å². The SMILES string of the molecule is C[CH-]COC(=O)[C@@H]1CCCN1C(=O)C(C)=O.[W]. The molecule has 0 bridgehead atoms. The molecule has 6 heteroatoms. The van der Waals surface area contributed by atoms with E-state index in [-0.39, 0.29) is 27.7 Å². The van der Waals surface area contributed by atoms with Gasteiger partial charge < -0.3 is 9.64 Å². The van der Waals surface area contributed by atoms with Crippen LogP contribution in [-0.4, -0.2) is 41.8 Å². The fourth-order valence-electron chi connectivity index (χ4n) is 1.72. The fourth-order valence-corrected chi connectivity index (χ4v) is 1.72. The zero-order chi connectivity index (χ0) is 12.1. The largest absolute Gasteiger partial charge is 0.497 e. The van der Waals surface area contributed by atoms with Gasteiger partial charge in [-0.05, 0) is 19.4 Å². The molecular formula is C11H16NO4W-. The molecule has 0 spiro atoms. The summed E-state index contributed by atoms with van der Waals surface area (Å²) < 4.78 is 4.94. The van der Waals surface area contributed by atoms with Gasteiger partial charge in [-0.25, -0.2) is 4.79 Å². The van der Waals surface area contributed by atoms with Gasteiger partial charge in [-0.15, -0.1) is 0 Å². The molecule has 1 fully saturated rings. The van der Waals surface area contributed by atoms with E-state index in [9.17, 15) is 14.4 Å². The summed E-state index contributed by atoms with van der Waals surface area (Å²) in [4.78, 5) is 35.4. The smallest absolute Gasteiger partial charge is 0.326 e. The van der Waals surface area contributed by atoms with Crippen molar-refractivity contribution in [3.63, 3.8) is 0 Å². The molecule has 0 aromatic carbocycles. The molecule has 1 heterocycles. The molecule has 0 aromatic heterocycles. The van der Waals surface area contributed by atoms with Crippen LogP contribution < -0.4 is 0 Å². The monoisotopic (exact) mass is 410 g/mol. The van der Waals surface area contributed by atoms with Gasteiger partial charge in [-0.1, -0.05) is 0 Å². The first-order valence-electron chi connectivity index (χ1n) is 5.34. The van der Waals surface area contributed by atoms with Crippen molar-refractivity contribution in [2.45, 2.75) is 32.7 Å². The van der Waals surface area contributed by atoms with Crippen LogP contribution >= 0.6 is 0 Å². The number of carbonyl (C=O) groups excluding carboxylic acids is 3. The number of esters is 1. The van der Waals surface area contributed by atoms with Crippen LogP contribution in [0, 0.1) is 6.42 Å². The normalized spacial score (nSPS) is 18.5. The first-order valence-corrected chi connectivity index (χ1v) is 5.34. The standard InChI is InChI=1S/C11H16NO4.W/c1-3-7-16-11(15)9-5-4-6-12(9)10(14)8(2)13;/h3,9H,4-7H2,1-2H3;/q-1;/t9-;/m0./s1. The minimum absolute atomic E-state index is 0. The number of carbonyl (C=O) groups is 3. The number of Topliss-reactive ketones (excluding diaryl/α,β-unsaturated/α-hetero) is 1. The van der Waals surface area contributed by atoms with Gasteiger partial charge in [0.25, 0.3) is 5.91 Å². The minimum Gasteiger partial charge on any atom is -0.497 e. The Kier molecular flexibility index (Phi) is 7.28. The van der Waals surface area contributed by atoms with E-state index in [1.807, 2.05) is 0 Å². The van der Waals surface area contributed by atoms with Crippen molar-refractivity contribution < 1.29 is 40.2 Å². The van der Waals surface area contributed by atoms with Crippen molar-refractivity contribution >= 4 is 17.7 Å². The van der Waals surface area contributed by atoms with E-state index in [0.717, 1.165) is 6.42 Å². The summed E-state index contributed by atoms with van der Waals surface area (Å²) in [7, 11) is 0. The average molecular weight is 410 g/mol. The quantitative estimate of drug-likeness (QED) is 0.381. The zero-order valence-corrected chi connectivity index (χ0v) is 12.9. The number of hydrogen-bond acceptors (Lipinski definition) is 4. The molecule has 0 unspecified atom stereocenters. The summed E-state index contributed by atoms with van der Waals surface area (Å²) in [6, 6.07) is -0.587. The molecular weight excluding hydrogens is 394 g/mol. The molecule has 17 heavy (non-hydrogen) atoms. The van der Waals surface area contributed by atoms with Crippen molar-refractivity contribution in [1.82, 2.24) is 4.90 Å². The predicted molar refractivity (Wildman–Crippen MR) is 56.3 cm³/mol. The van der Waals surface area contributed by atoms with Crippen LogP contribution in [-0.2, 0) is 40.2 Å². The molecule has 5 nitrogen and oxygen atoms in total. The Hall–Kier alpha value is -0.702. The first kappa shape index (κ1) is 16.3. The van der Waals surface area contributed by atoms with Gasteiger partial charge in [-0.3, -0.25) is 16.0 Å². The molecule has 1 aliphatic rings. The van der Waals surface area contributed by atoms with Gasteiger partial charge >= 0.3 is 5.97 Å². The third-order valence-electron chi connectivity index (χ3n) is 2.48. The van der Waals surface area contributed by atoms with Crippen LogP contribution in [0.1, 0.15) is 26.7 Å². The van der Waals surface area contributed by atoms with Crippen LogP contribution in [0.2, 0.25) is 0 Å². The summed E-state index contributed by atoms with van der Waals surface area (Å²) in [6.45, 7) is 3.68. The number of hydrogen-bond donors (Lipinski definition) is 0. The van der Waals surface area contributed by atoms with E-state index < -0.39 is 23.7 Å². The van der Waals surface area contributed by atoms with E-state index in [1.165, 1.54) is 11.8 Å². The minimum atomic E-state index is -0.597. The number of rotatable bonds is 4. The number of ketones is 1.